The summed E-state index contributed by atoms with van der Waals surface area (Å²) in [5, 5.41) is 1.07. The summed E-state index contributed by atoms with van der Waals surface area (Å²) in [5.74, 6) is 1.05. The smallest absolute Gasteiger partial charge is 0.436 e. The Labute approximate surface area is 145 Å². The standard InChI is InChI=1S/C18H19NO4S/c1-2-24-16-9-7-14(8-10-16)17-6-4-3-5-15(17)13-21-18(20)19-11-12-22-23-19/h3-10H,2,11-13H2,1H3. The molecule has 126 valence electrons. The van der Waals surface area contributed by atoms with Gasteiger partial charge in [0.05, 0.1) is 6.54 Å². The van der Waals surface area contributed by atoms with Crippen molar-refractivity contribution in [3.05, 3.63) is 54.1 Å². The zero-order valence-corrected chi connectivity index (χ0v) is 14.3. The number of carbonyl (C=O) groups is 1. The molecule has 0 radical (unpaired) electrons. The number of amides is 1. The molecule has 0 aliphatic carbocycles. The Balaban J connectivity index is 1.71. The van der Waals surface area contributed by atoms with E-state index in [2.05, 4.69) is 36.1 Å². The van der Waals surface area contributed by atoms with E-state index in [0.717, 1.165) is 27.5 Å². The molecule has 0 atom stereocenters. The van der Waals surface area contributed by atoms with Gasteiger partial charge in [-0.2, -0.15) is 5.06 Å². The monoisotopic (exact) mass is 345 g/mol. The van der Waals surface area contributed by atoms with E-state index in [1.165, 1.54) is 4.90 Å². The average molecular weight is 345 g/mol. The van der Waals surface area contributed by atoms with E-state index in [1.807, 2.05) is 36.0 Å². The number of hydrogen-bond acceptors (Lipinski definition) is 5. The van der Waals surface area contributed by atoms with Crippen LogP contribution in [0.3, 0.4) is 0 Å². The van der Waals surface area contributed by atoms with E-state index in [0.29, 0.717) is 13.2 Å². The average Bonchev–Trinajstić information content (AvgIpc) is 3.16. The molecule has 0 unspecified atom stereocenters. The molecule has 1 aliphatic heterocycles. The van der Waals surface area contributed by atoms with Crippen molar-refractivity contribution < 1.29 is 19.4 Å². The van der Waals surface area contributed by atoms with Crippen LogP contribution in [0, 0.1) is 0 Å². The van der Waals surface area contributed by atoms with Gasteiger partial charge in [0.25, 0.3) is 0 Å². The number of thioether (sulfide) groups is 1. The van der Waals surface area contributed by atoms with E-state index in [-0.39, 0.29) is 6.61 Å². The van der Waals surface area contributed by atoms with Crippen LogP contribution in [0.15, 0.2) is 53.4 Å². The Morgan fingerprint density at radius 2 is 2.00 bits per heavy atom. The number of hydroxylamine groups is 2. The highest BCUT2D eigenvalue weighted by Crippen LogP contribution is 2.27. The molecule has 1 heterocycles. The molecular formula is C18H19NO4S. The van der Waals surface area contributed by atoms with Crippen LogP contribution in [0.5, 0.6) is 0 Å². The van der Waals surface area contributed by atoms with Crippen molar-refractivity contribution in [3.63, 3.8) is 0 Å². The largest absolute Gasteiger partial charge is 0.443 e. The van der Waals surface area contributed by atoms with E-state index < -0.39 is 6.09 Å². The number of hydrogen-bond donors (Lipinski definition) is 0. The van der Waals surface area contributed by atoms with Crippen molar-refractivity contribution in [2.24, 2.45) is 0 Å². The van der Waals surface area contributed by atoms with Crippen molar-refractivity contribution in [2.45, 2.75) is 18.4 Å². The fourth-order valence-corrected chi connectivity index (χ4v) is 3.08. The van der Waals surface area contributed by atoms with E-state index >= 15 is 0 Å². The first-order chi connectivity index (χ1) is 11.8. The zero-order valence-electron chi connectivity index (χ0n) is 13.4. The van der Waals surface area contributed by atoms with Gasteiger partial charge in [-0.1, -0.05) is 43.3 Å². The minimum absolute atomic E-state index is 0.181. The van der Waals surface area contributed by atoms with Gasteiger partial charge in [-0.05, 0) is 34.6 Å². The molecule has 2 aromatic carbocycles. The van der Waals surface area contributed by atoms with Gasteiger partial charge in [0.2, 0.25) is 0 Å². The van der Waals surface area contributed by atoms with Crippen LogP contribution in [-0.2, 0) is 21.2 Å². The van der Waals surface area contributed by atoms with Gasteiger partial charge in [0, 0.05) is 4.90 Å². The highest BCUT2D eigenvalue weighted by atomic mass is 32.2. The quantitative estimate of drug-likeness (QED) is 0.598. The second-order valence-corrected chi connectivity index (χ2v) is 6.51. The maximum Gasteiger partial charge on any atom is 0.436 e. The fourth-order valence-electron chi connectivity index (χ4n) is 2.42. The lowest BCUT2D eigenvalue weighted by molar-refractivity contribution is -0.353. The third-order valence-electron chi connectivity index (χ3n) is 3.57. The number of rotatable bonds is 5. The minimum Gasteiger partial charge on any atom is -0.443 e. The molecular weight excluding hydrogens is 326 g/mol. The van der Waals surface area contributed by atoms with Crippen LogP contribution in [0.2, 0.25) is 0 Å². The number of nitrogens with zero attached hydrogens (tertiary/aromatic N) is 1. The molecule has 0 saturated carbocycles. The Kier molecular flexibility index (Phi) is 5.74. The van der Waals surface area contributed by atoms with Gasteiger partial charge < -0.3 is 4.74 Å². The van der Waals surface area contributed by atoms with Crippen LogP contribution >= 0.6 is 11.8 Å². The first kappa shape index (κ1) is 16.8. The van der Waals surface area contributed by atoms with Gasteiger partial charge in [0.1, 0.15) is 13.2 Å². The Hall–Kier alpha value is -2.02. The number of carbonyl (C=O) groups excluding carboxylic acids is 1. The second-order valence-electron chi connectivity index (χ2n) is 5.17. The van der Waals surface area contributed by atoms with E-state index in [1.54, 1.807) is 0 Å². The molecule has 0 aromatic heterocycles. The molecule has 0 spiro atoms. The number of benzene rings is 2. The predicted octanol–water partition coefficient (Wildman–Crippen LogP) is 4.28. The highest BCUT2D eigenvalue weighted by molar-refractivity contribution is 7.99. The Bertz CT molecular complexity index is 684. The lowest BCUT2D eigenvalue weighted by Crippen LogP contribution is -2.27. The van der Waals surface area contributed by atoms with Crippen LogP contribution in [-0.4, -0.2) is 30.1 Å². The first-order valence-corrected chi connectivity index (χ1v) is 8.81. The molecule has 0 N–H and O–H groups in total. The SMILES string of the molecule is CCSc1ccc(-c2ccccc2COC(=O)N2CCOO2)cc1. The molecule has 24 heavy (non-hydrogen) atoms. The Morgan fingerprint density at radius 1 is 1.21 bits per heavy atom. The summed E-state index contributed by atoms with van der Waals surface area (Å²) >= 11 is 1.81. The molecule has 0 bridgehead atoms. The molecule has 1 amide bonds. The third-order valence-corrected chi connectivity index (χ3v) is 4.46. The van der Waals surface area contributed by atoms with Crippen molar-refractivity contribution in [3.8, 4) is 11.1 Å². The van der Waals surface area contributed by atoms with Crippen molar-refractivity contribution in [1.82, 2.24) is 5.06 Å². The molecule has 1 fully saturated rings. The Morgan fingerprint density at radius 3 is 2.71 bits per heavy atom. The van der Waals surface area contributed by atoms with Crippen LogP contribution in [0.1, 0.15) is 12.5 Å². The van der Waals surface area contributed by atoms with Gasteiger partial charge in [0.15, 0.2) is 0 Å². The first-order valence-electron chi connectivity index (χ1n) is 7.83. The van der Waals surface area contributed by atoms with E-state index in [9.17, 15) is 4.79 Å². The molecule has 6 heteroatoms. The lowest BCUT2D eigenvalue weighted by Gasteiger charge is -2.14. The van der Waals surface area contributed by atoms with Crippen molar-refractivity contribution >= 4 is 17.9 Å². The maximum atomic E-state index is 11.9. The zero-order chi connectivity index (χ0) is 16.8. The maximum absolute atomic E-state index is 11.9. The molecule has 3 rings (SSSR count). The summed E-state index contributed by atoms with van der Waals surface area (Å²) in [6.07, 6.45) is -0.544. The van der Waals surface area contributed by atoms with Crippen LogP contribution in [0.25, 0.3) is 11.1 Å². The summed E-state index contributed by atoms with van der Waals surface area (Å²) in [5.41, 5.74) is 3.10. The van der Waals surface area contributed by atoms with Gasteiger partial charge in [-0.25, -0.2) is 9.68 Å². The van der Waals surface area contributed by atoms with Crippen LogP contribution in [0.4, 0.5) is 4.79 Å². The summed E-state index contributed by atoms with van der Waals surface area (Å²) in [6.45, 7) is 3.04. The van der Waals surface area contributed by atoms with Crippen molar-refractivity contribution in [2.75, 3.05) is 18.9 Å². The summed E-state index contributed by atoms with van der Waals surface area (Å²) in [6, 6.07) is 16.3. The summed E-state index contributed by atoms with van der Waals surface area (Å²) in [4.78, 5) is 22.5. The third kappa shape index (κ3) is 4.08. The normalized spacial score (nSPS) is 14.0. The lowest BCUT2D eigenvalue weighted by atomic mass is 10.0. The number of ether oxygens (including phenoxy) is 1. The predicted molar refractivity (Wildman–Crippen MR) is 92.2 cm³/mol. The second kappa shape index (κ2) is 8.19. The van der Waals surface area contributed by atoms with Gasteiger partial charge in [-0.3, -0.25) is 0 Å². The van der Waals surface area contributed by atoms with Crippen LogP contribution < -0.4 is 0 Å². The van der Waals surface area contributed by atoms with Gasteiger partial charge >= 0.3 is 6.09 Å². The fraction of sp³-hybridized carbons (Fsp3) is 0.278. The highest BCUT2D eigenvalue weighted by Gasteiger charge is 2.22. The topological polar surface area (TPSA) is 48.0 Å². The minimum atomic E-state index is -0.544. The van der Waals surface area contributed by atoms with Gasteiger partial charge in [-0.15, -0.1) is 16.8 Å². The molecule has 2 aromatic rings. The summed E-state index contributed by atoms with van der Waals surface area (Å²) < 4.78 is 5.31. The molecule has 1 aliphatic rings. The molecule has 1 saturated heterocycles. The molecule has 5 nitrogen and oxygen atoms in total. The van der Waals surface area contributed by atoms with Crippen molar-refractivity contribution in [1.29, 1.82) is 0 Å². The summed E-state index contributed by atoms with van der Waals surface area (Å²) in [7, 11) is 0. The van der Waals surface area contributed by atoms with E-state index in [4.69, 9.17) is 9.73 Å².